The van der Waals surface area contributed by atoms with Gasteiger partial charge in [0, 0.05) is 34.2 Å². The van der Waals surface area contributed by atoms with Crippen molar-refractivity contribution in [3.63, 3.8) is 0 Å². The molecule has 12 rings (SSSR count). The maximum atomic E-state index is 11.3. The minimum absolute atomic E-state index is 0. The van der Waals surface area contributed by atoms with Crippen LogP contribution in [0.3, 0.4) is 0 Å². The molecule has 0 aliphatic heterocycles. The van der Waals surface area contributed by atoms with Crippen molar-refractivity contribution in [2.45, 2.75) is 83.1 Å². The van der Waals surface area contributed by atoms with E-state index in [0.717, 1.165) is 135 Å². The molecule has 108 heavy (non-hydrogen) atoms. The third-order valence-electron chi connectivity index (χ3n) is 16.0. The average molecular weight is 1760 g/mol. The Labute approximate surface area is 690 Å². The quantitative estimate of drug-likeness (QED) is 0.0623. The molecule has 12 aromatic rings. The van der Waals surface area contributed by atoms with Crippen LogP contribution < -0.4 is 30.6 Å². The molecule has 6 aromatic carbocycles. The van der Waals surface area contributed by atoms with E-state index in [1.54, 1.807) is 72.8 Å². The zero-order valence-corrected chi connectivity index (χ0v) is 67.6. The summed E-state index contributed by atoms with van der Waals surface area (Å²) in [5.41, 5.74) is 26.2. The third-order valence-corrected chi connectivity index (χ3v) is 16.0. The number of benzene rings is 6. The van der Waals surface area contributed by atoms with Gasteiger partial charge in [-0.25, -0.2) is 28.8 Å². The van der Waals surface area contributed by atoms with Gasteiger partial charge >= 0.3 is 138 Å². The van der Waals surface area contributed by atoms with E-state index in [4.69, 9.17) is 0 Å². The minimum Gasteiger partial charge on any atom is -0.578 e. The molecule has 0 atom stereocenters. The van der Waals surface area contributed by atoms with Crippen LogP contribution in [0.15, 0.2) is 146 Å². The molecule has 588 valence electrons. The predicted molar refractivity (Wildman–Crippen MR) is 383 cm³/mol. The molecule has 0 spiro atoms. The summed E-state index contributed by atoms with van der Waals surface area (Å²) in [6, 6.07) is 43.5. The van der Waals surface area contributed by atoms with Crippen LogP contribution in [0.5, 0.6) is 0 Å². The molecule has 0 bridgehead atoms. The molecule has 0 fully saturated rings. The van der Waals surface area contributed by atoms with Gasteiger partial charge in [-0.1, -0.05) is 114 Å². The molecule has 30 heteroatoms. The van der Waals surface area contributed by atoms with Crippen molar-refractivity contribution >= 4 is 35.8 Å². The zero-order chi connectivity index (χ0) is 74.5. The van der Waals surface area contributed by atoms with E-state index in [2.05, 4.69) is 89.6 Å². The molecule has 0 saturated heterocycles. The van der Waals surface area contributed by atoms with E-state index in [1.807, 2.05) is 156 Å². The number of carbonyl (C=O) groups excluding carboxylic acids is 6. The molecule has 0 radical (unpaired) electrons. The van der Waals surface area contributed by atoms with Crippen LogP contribution in [0.4, 0.5) is 0 Å². The smallest absolute Gasteiger partial charge is 0.578 e. The van der Waals surface area contributed by atoms with Crippen molar-refractivity contribution in [1.29, 1.82) is 0 Å². The van der Waals surface area contributed by atoms with E-state index in [1.165, 1.54) is 42.7 Å². The van der Waals surface area contributed by atoms with E-state index >= 15 is 0 Å². The first-order valence-corrected chi connectivity index (χ1v) is 31.7. The first-order chi connectivity index (χ1) is 48.8. The number of hydrogen-bond acceptors (Lipinski definition) is 18. The number of aromatic nitrogens is 12. The molecule has 0 aliphatic rings. The summed E-state index contributed by atoms with van der Waals surface area (Å²) in [7, 11) is 8.22. The summed E-state index contributed by atoms with van der Waals surface area (Å²) < 4.78 is 27.9. The average Bonchev–Trinajstić information content (AvgIpc) is 1.70. The number of esters is 6. The third kappa shape index (κ3) is 24.8. The van der Waals surface area contributed by atoms with Crippen LogP contribution in [0, 0.1) is 83.1 Å². The SMILES string of the molecule is COC(=O)c1ccc(-c2c(C)n[n-]c2C)cc1.COC(=O)c1ccc(-c2c(C)n[n-]c2C)cc1.COC(=O)c1ccc(-c2c(C)n[n-]c2C)cc1.COC(=O)c1ccc(-c2c(C)n[n-]c2C)cc1.COC(=O)c1ccc(-c2c(C)n[n-]c2C)cc1.COC(=O)c1ccc(-c2c(C)n[n-]c2C)cc1.[Cu+].[Cu+].[Cu+].[Cu+].[Cu+].[Cu+]. The van der Waals surface area contributed by atoms with Crippen LogP contribution in [-0.4, -0.2) is 109 Å². The maximum absolute atomic E-state index is 11.3. The molecule has 0 aliphatic carbocycles. The van der Waals surface area contributed by atoms with Crippen LogP contribution in [-0.2, 0) is 131 Å². The van der Waals surface area contributed by atoms with Gasteiger partial charge in [0.05, 0.1) is 76.0 Å². The van der Waals surface area contributed by atoms with Crippen LogP contribution in [0.25, 0.3) is 66.8 Å². The summed E-state index contributed by atoms with van der Waals surface area (Å²) in [5.74, 6) is -1.98. The fraction of sp³-hybridized carbons (Fsp3) is 0.231. The maximum Gasteiger partial charge on any atom is 1.00 e. The number of hydrogen-bond donors (Lipinski definition) is 0. The Morgan fingerprint density at radius 3 is 0.380 bits per heavy atom. The van der Waals surface area contributed by atoms with Gasteiger partial charge < -0.3 is 89.6 Å². The van der Waals surface area contributed by atoms with Gasteiger partial charge in [-0.2, -0.15) is 0 Å². The van der Waals surface area contributed by atoms with E-state index in [9.17, 15) is 28.8 Å². The van der Waals surface area contributed by atoms with Crippen molar-refractivity contribution in [2.75, 3.05) is 42.7 Å². The van der Waals surface area contributed by atoms with Crippen molar-refractivity contribution in [3.8, 4) is 66.8 Å². The second kappa shape index (κ2) is 46.0. The van der Waals surface area contributed by atoms with Gasteiger partial charge in [0.15, 0.2) is 0 Å². The summed E-state index contributed by atoms with van der Waals surface area (Å²) >= 11 is 0. The topological polar surface area (TPSA) is 320 Å². The van der Waals surface area contributed by atoms with Gasteiger partial charge in [-0.3, -0.25) is 0 Å². The van der Waals surface area contributed by atoms with Crippen molar-refractivity contribution in [1.82, 2.24) is 61.2 Å². The summed E-state index contributed by atoms with van der Waals surface area (Å²) in [6.45, 7) is 23.0. The molecular formula is C78H78Cu6N12O12. The second-order valence-corrected chi connectivity index (χ2v) is 22.9. The summed E-state index contributed by atoms with van der Waals surface area (Å²) in [5, 5.41) is 48.3. The molecule has 0 unspecified atom stereocenters. The Kier molecular flexibility index (Phi) is 41.1. The molecular weight excluding hydrogens is 1680 g/mol. The Morgan fingerprint density at radius 2 is 0.306 bits per heavy atom. The Bertz CT molecular complexity index is 3950. The molecule has 0 N–H and O–H groups in total. The van der Waals surface area contributed by atoms with Gasteiger partial charge in [0.1, 0.15) is 0 Å². The van der Waals surface area contributed by atoms with Crippen molar-refractivity contribution < 1.29 is 160 Å². The molecule has 24 nitrogen and oxygen atoms in total. The van der Waals surface area contributed by atoms with E-state index in [-0.39, 0.29) is 138 Å². The number of aryl methyl sites for hydroxylation is 12. The second-order valence-electron chi connectivity index (χ2n) is 22.9. The van der Waals surface area contributed by atoms with Crippen LogP contribution >= 0.6 is 0 Å². The molecule has 6 heterocycles. The zero-order valence-electron chi connectivity index (χ0n) is 61.9. The number of methoxy groups -OCH3 is 6. The van der Waals surface area contributed by atoms with Crippen LogP contribution in [0.1, 0.15) is 130 Å². The molecule has 0 amide bonds. The minimum atomic E-state index is -0.330. The fourth-order valence-corrected chi connectivity index (χ4v) is 10.9. The van der Waals surface area contributed by atoms with E-state index in [0.29, 0.717) is 33.4 Å². The first kappa shape index (κ1) is 96.5. The van der Waals surface area contributed by atoms with Gasteiger partial charge in [0.25, 0.3) is 0 Å². The monoisotopic (exact) mass is 1750 g/mol. The van der Waals surface area contributed by atoms with Gasteiger partial charge in [0.2, 0.25) is 0 Å². The Hall–Kier alpha value is -9.48. The normalized spacial score (nSPS) is 9.72. The van der Waals surface area contributed by atoms with E-state index < -0.39 is 0 Å². The van der Waals surface area contributed by atoms with Gasteiger partial charge in [-0.05, 0) is 181 Å². The molecule has 6 aromatic heterocycles. The van der Waals surface area contributed by atoms with Crippen molar-refractivity contribution in [3.05, 3.63) is 247 Å². The first-order valence-electron chi connectivity index (χ1n) is 31.7. The number of rotatable bonds is 12. The number of ether oxygens (including phenoxy) is 6. The summed E-state index contributed by atoms with van der Waals surface area (Å²) in [6.07, 6.45) is 0. The fourth-order valence-electron chi connectivity index (χ4n) is 10.9. The number of carbonyl (C=O) groups is 6. The van der Waals surface area contributed by atoms with Gasteiger partial charge in [-0.15, -0.1) is 34.2 Å². The standard InChI is InChI=1S/6C13H14N2O2.6Cu/c6*1-8-12(9(2)15-14-8)10-4-6-11(7-5-10)13(16)17-3;;;;;;/h6*4-7H,1-3H3,(H,14,15,16);;;;;;/q;;;;;;6*+1/p-6. The number of nitrogens with zero attached hydrogens (tertiary/aromatic N) is 12. The summed E-state index contributed by atoms with van der Waals surface area (Å²) in [4.78, 5) is 67.8. The van der Waals surface area contributed by atoms with Crippen molar-refractivity contribution in [2.24, 2.45) is 0 Å². The largest absolute Gasteiger partial charge is 1.00 e. The van der Waals surface area contributed by atoms with Crippen LogP contribution in [0.2, 0.25) is 0 Å². The Morgan fingerprint density at radius 1 is 0.204 bits per heavy atom. The predicted octanol–water partition coefficient (Wildman–Crippen LogP) is 12.6. The Balaban J connectivity index is 0.000000641. The molecule has 0 saturated carbocycles.